The van der Waals surface area contributed by atoms with E-state index in [1.807, 2.05) is 6.92 Å². The van der Waals surface area contributed by atoms with Crippen LogP contribution in [-0.4, -0.2) is 9.97 Å². The Morgan fingerprint density at radius 3 is 2.47 bits per heavy atom. The topological polar surface area (TPSA) is 37.8 Å². The Balaban J connectivity index is 2.02. The summed E-state index contributed by atoms with van der Waals surface area (Å²) in [4.78, 5) is 8.09. The van der Waals surface area contributed by atoms with E-state index in [-0.39, 0.29) is 0 Å². The summed E-state index contributed by atoms with van der Waals surface area (Å²) < 4.78 is 25.6. The van der Waals surface area contributed by atoms with E-state index in [1.54, 1.807) is 12.4 Å². The predicted molar refractivity (Wildman–Crippen MR) is 60.5 cm³/mol. The van der Waals surface area contributed by atoms with Gasteiger partial charge in [0, 0.05) is 18.9 Å². The van der Waals surface area contributed by atoms with Crippen molar-refractivity contribution in [1.82, 2.24) is 9.97 Å². The van der Waals surface area contributed by atoms with Crippen molar-refractivity contribution >= 4 is 5.95 Å². The zero-order valence-corrected chi connectivity index (χ0v) is 9.24. The lowest BCUT2D eigenvalue weighted by molar-refractivity contribution is 0.507. The fourth-order valence-electron chi connectivity index (χ4n) is 1.31. The van der Waals surface area contributed by atoms with Gasteiger partial charge in [-0.1, -0.05) is 6.07 Å². The van der Waals surface area contributed by atoms with Gasteiger partial charge < -0.3 is 5.32 Å². The van der Waals surface area contributed by atoms with Gasteiger partial charge in [-0.05, 0) is 30.2 Å². The van der Waals surface area contributed by atoms with Crippen molar-refractivity contribution in [3.05, 3.63) is 53.4 Å². The molecule has 1 N–H and O–H groups in total. The Labute approximate surface area is 97.5 Å². The van der Waals surface area contributed by atoms with Gasteiger partial charge in [0.2, 0.25) is 5.95 Å². The smallest absolute Gasteiger partial charge is 0.222 e. The van der Waals surface area contributed by atoms with Crippen LogP contribution in [0.2, 0.25) is 0 Å². The molecule has 0 fully saturated rings. The predicted octanol–water partition coefficient (Wildman–Crippen LogP) is 2.68. The van der Waals surface area contributed by atoms with Crippen molar-refractivity contribution in [2.75, 3.05) is 5.32 Å². The second-order valence-electron chi connectivity index (χ2n) is 3.69. The van der Waals surface area contributed by atoms with Crippen molar-refractivity contribution in [1.29, 1.82) is 0 Å². The summed E-state index contributed by atoms with van der Waals surface area (Å²) >= 11 is 0. The molecular formula is C12H11F2N3. The van der Waals surface area contributed by atoms with Crippen LogP contribution >= 0.6 is 0 Å². The summed E-state index contributed by atoms with van der Waals surface area (Å²) in [5.74, 6) is -1.24. The summed E-state index contributed by atoms with van der Waals surface area (Å²) in [6.07, 6.45) is 3.36. The minimum Gasteiger partial charge on any atom is -0.350 e. The third-order valence-corrected chi connectivity index (χ3v) is 2.22. The first-order valence-electron chi connectivity index (χ1n) is 5.11. The number of nitrogens with zero attached hydrogens (tertiary/aromatic N) is 2. The summed E-state index contributed by atoms with van der Waals surface area (Å²) in [7, 11) is 0. The van der Waals surface area contributed by atoms with E-state index in [0.29, 0.717) is 18.1 Å². The molecule has 0 spiro atoms. The molecule has 1 heterocycles. The fourth-order valence-corrected chi connectivity index (χ4v) is 1.31. The van der Waals surface area contributed by atoms with Gasteiger partial charge in [-0.25, -0.2) is 18.7 Å². The van der Waals surface area contributed by atoms with Crippen LogP contribution in [0.5, 0.6) is 0 Å². The molecule has 0 aliphatic heterocycles. The number of hydrogen-bond donors (Lipinski definition) is 1. The number of aromatic nitrogens is 2. The fraction of sp³-hybridized carbons (Fsp3) is 0.167. The monoisotopic (exact) mass is 235 g/mol. The molecule has 2 rings (SSSR count). The maximum absolute atomic E-state index is 12.9. The molecule has 0 saturated carbocycles. The summed E-state index contributed by atoms with van der Waals surface area (Å²) in [6.45, 7) is 2.24. The van der Waals surface area contributed by atoms with Gasteiger partial charge in [-0.15, -0.1) is 0 Å². The van der Waals surface area contributed by atoms with Crippen LogP contribution in [0.1, 0.15) is 11.1 Å². The number of nitrogens with one attached hydrogen (secondary N) is 1. The maximum atomic E-state index is 12.9. The Morgan fingerprint density at radius 2 is 1.82 bits per heavy atom. The SMILES string of the molecule is Cc1cnc(NCc2ccc(F)c(F)c2)nc1. The average molecular weight is 235 g/mol. The van der Waals surface area contributed by atoms with Crippen molar-refractivity contribution in [2.24, 2.45) is 0 Å². The zero-order chi connectivity index (χ0) is 12.3. The number of aryl methyl sites for hydroxylation is 1. The maximum Gasteiger partial charge on any atom is 0.222 e. The molecule has 0 bridgehead atoms. The number of anilines is 1. The largest absolute Gasteiger partial charge is 0.350 e. The number of halogens is 2. The molecule has 0 aliphatic carbocycles. The van der Waals surface area contributed by atoms with E-state index in [9.17, 15) is 8.78 Å². The molecule has 0 saturated heterocycles. The van der Waals surface area contributed by atoms with Gasteiger partial charge in [0.05, 0.1) is 0 Å². The van der Waals surface area contributed by atoms with Crippen molar-refractivity contribution in [2.45, 2.75) is 13.5 Å². The van der Waals surface area contributed by atoms with Crippen LogP contribution in [0.3, 0.4) is 0 Å². The molecule has 0 unspecified atom stereocenters. The number of hydrogen-bond acceptors (Lipinski definition) is 3. The first-order valence-corrected chi connectivity index (χ1v) is 5.11. The number of rotatable bonds is 3. The van der Waals surface area contributed by atoms with Gasteiger partial charge in [0.15, 0.2) is 11.6 Å². The molecule has 1 aromatic heterocycles. The highest BCUT2D eigenvalue weighted by molar-refractivity contribution is 5.28. The third kappa shape index (κ3) is 2.96. The van der Waals surface area contributed by atoms with Crippen LogP contribution in [0.4, 0.5) is 14.7 Å². The van der Waals surface area contributed by atoms with E-state index < -0.39 is 11.6 Å². The van der Waals surface area contributed by atoms with Crippen molar-refractivity contribution in [3.63, 3.8) is 0 Å². The first kappa shape index (κ1) is 11.4. The Morgan fingerprint density at radius 1 is 1.12 bits per heavy atom. The van der Waals surface area contributed by atoms with Crippen molar-refractivity contribution in [3.8, 4) is 0 Å². The highest BCUT2D eigenvalue weighted by Crippen LogP contribution is 2.10. The van der Waals surface area contributed by atoms with E-state index in [0.717, 1.165) is 17.7 Å². The Bertz CT molecular complexity index is 512. The zero-order valence-electron chi connectivity index (χ0n) is 9.24. The van der Waals surface area contributed by atoms with Gasteiger partial charge in [0.25, 0.3) is 0 Å². The summed E-state index contributed by atoms with van der Waals surface area (Å²) in [6, 6.07) is 3.76. The molecule has 0 radical (unpaired) electrons. The van der Waals surface area contributed by atoms with E-state index in [2.05, 4.69) is 15.3 Å². The van der Waals surface area contributed by atoms with Gasteiger partial charge in [0.1, 0.15) is 0 Å². The van der Waals surface area contributed by atoms with E-state index >= 15 is 0 Å². The highest BCUT2D eigenvalue weighted by atomic mass is 19.2. The first-order chi connectivity index (χ1) is 8.15. The van der Waals surface area contributed by atoms with E-state index in [1.165, 1.54) is 6.07 Å². The average Bonchev–Trinajstić information content (AvgIpc) is 2.33. The van der Waals surface area contributed by atoms with Crippen LogP contribution < -0.4 is 5.32 Å². The second-order valence-corrected chi connectivity index (χ2v) is 3.69. The van der Waals surface area contributed by atoms with Crippen LogP contribution in [-0.2, 0) is 6.54 Å². The molecule has 0 amide bonds. The van der Waals surface area contributed by atoms with Crippen LogP contribution in [0, 0.1) is 18.6 Å². The standard InChI is InChI=1S/C12H11F2N3/c1-8-5-15-12(16-6-8)17-7-9-2-3-10(13)11(14)4-9/h2-6H,7H2,1H3,(H,15,16,17). The molecule has 88 valence electrons. The van der Waals surface area contributed by atoms with E-state index in [4.69, 9.17) is 0 Å². The number of benzene rings is 1. The molecule has 2 aromatic rings. The Kier molecular flexibility index (Phi) is 3.27. The van der Waals surface area contributed by atoms with Gasteiger partial charge >= 0.3 is 0 Å². The minimum atomic E-state index is -0.853. The van der Waals surface area contributed by atoms with Crippen LogP contribution in [0.15, 0.2) is 30.6 Å². The molecule has 0 aliphatic rings. The minimum absolute atomic E-state index is 0.347. The third-order valence-electron chi connectivity index (χ3n) is 2.22. The molecule has 17 heavy (non-hydrogen) atoms. The molecule has 0 atom stereocenters. The molecule has 5 heteroatoms. The molecule has 3 nitrogen and oxygen atoms in total. The lowest BCUT2D eigenvalue weighted by Crippen LogP contribution is -2.04. The van der Waals surface area contributed by atoms with Crippen LogP contribution in [0.25, 0.3) is 0 Å². The lowest BCUT2D eigenvalue weighted by Gasteiger charge is -2.05. The summed E-state index contributed by atoms with van der Waals surface area (Å²) in [5, 5.41) is 2.92. The highest BCUT2D eigenvalue weighted by Gasteiger charge is 2.02. The normalized spacial score (nSPS) is 10.3. The summed E-state index contributed by atoms with van der Waals surface area (Å²) in [5.41, 5.74) is 1.59. The molecule has 1 aromatic carbocycles. The molecular weight excluding hydrogens is 224 g/mol. The quantitative estimate of drug-likeness (QED) is 0.888. The van der Waals surface area contributed by atoms with Crippen molar-refractivity contribution < 1.29 is 8.78 Å². The van der Waals surface area contributed by atoms with Gasteiger partial charge in [-0.2, -0.15) is 0 Å². The van der Waals surface area contributed by atoms with Gasteiger partial charge in [-0.3, -0.25) is 0 Å². The second kappa shape index (κ2) is 4.86. The lowest BCUT2D eigenvalue weighted by atomic mass is 10.2. The Hall–Kier alpha value is -2.04.